The van der Waals surface area contributed by atoms with Crippen LogP contribution in [0.15, 0.2) is 47.6 Å². The van der Waals surface area contributed by atoms with Crippen LogP contribution in [-0.2, 0) is 4.79 Å². The maximum Gasteiger partial charge on any atom is 0.335 e. The van der Waals surface area contributed by atoms with Crippen LogP contribution in [0.2, 0.25) is 0 Å². The number of thiocarbonyl (C=S) groups is 1. The Kier molecular flexibility index (Phi) is 4.46. The number of amides is 1. The number of aryl methyl sites for hydroxylation is 1. The molecule has 1 fully saturated rings. The van der Waals surface area contributed by atoms with Crippen LogP contribution in [0.1, 0.15) is 21.5 Å². The van der Waals surface area contributed by atoms with Crippen molar-refractivity contribution in [2.45, 2.75) is 6.92 Å². The van der Waals surface area contributed by atoms with Gasteiger partial charge in [-0.3, -0.25) is 14.7 Å². The van der Waals surface area contributed by atoms with Gasteiger partial charge in [-0.25, -0.2) is 4.79 Å². The third kappa shape index (κ3) is 3.08. The SMILES string of the molecule is Cc1ccc(C(=O)O)cc1N1C(=O)/C(=C/c2cccnc2)SC1=S. The molecule has 0 bridgehead atoms. The molecule has 1 aliphatic heterocycles. The molecule has 2 aromatic rings. The van der Waals surface area contributed by atoms with Gasteiger partial charge in [-0.05, 0) is 42.3 Å². The number of aromatic carboxylic acids is 1. The molecule has 0 spiro atoms. The van der Waals surface area contributed by atoms with Crippen LogP contribution in [0.5, 0.6) is 0 Å². The van der Waals surface area contributed by atoms with Crippen LogP contribution < -0.4 is 4.90 Å². The fraction of sp³-hybridized carbons (Fsp3) is 0.0588. The van der Waals surface area contributed by atoms with Gasteiger partial charge in [0.25, 0.3) is 5.91 Å². The van der Waals surface area contributed by atoms with E-state index >= 15 is 0 Å². The van der Waals surface area contributed by atoms with Gasteiger partial charge in [0.15, 0.2) is 4.32 Å². The molecule has 0 aliphatic carbocycles. The van der Waals surface area contributed by atoms with Crippen molar-refractivity contribution in [1.82, 2.24) is 4.98 Å². The molecule has 1 aliphatic rings. The highest BCUT2D eigenvalue weighted by atomic mass is 32.2. The Hall–Kier alpha value is -2.51. The second kappa shape index (κ2) is 6.54. The molecule has 1 saturated heterocycles. The predicted octanol–water partition coefficient (Wildman–Crippen LogP) is 3.49. The van der Waals surface area contributed by atoms with Crippen LogP contribution in [0.25, 0.3) is 6.08 Å². The van der Waals surface area contributed by atoms with Gasteiger partial charge in [0.2, 0.25) is 0 Å². The number of benzene rings is 1. The Balaban J connectivity index is 2.00. The third-order valence-electron chi connectivity index (χ3n) is 3.47. The van der Waals surface area contributed by atoms with Crippen LogP contribution in [0.3, 0.4) is 0 Å². The number of aromatic nitrogens is 1. The molecule has 1 aromatic carbocycles. The summed E-state index contributed by atoms with van der Waals surface area (Å²) in [6, 6.07) is 8.27. The number of rotatable bonds is 3. The van der Waals surface area contributed by atoms with Crippen molar-refractivity contribution >= 4 is 51.9 Å². The first-order valence-corrected chi connectivity index (χ1v) is 8.22. The molecular formula is C17H12N2O3S2. The average molecular weight is 356 g/mol. The third-order valence-corrected chi connectivity index (χ3v) is 4.78. The van der Waals surface area contributed by atoms with Crippen LogP contribution in [0, 0.1) is 6.92 Å². The Bertz CT molecular complexity index is 879. The standard InChI is InChI=1S/C17H12N2O3S2/c1-10-4-5-12(16(21)22)8-13(10)19-15(20)14(24-17(19)23)7-11-3-2-6-18-9-11/h2-9H,1H3,(H,21,22)/b14-7-. The molecule has 0 radical (unpaired) electrons. The van der Waals surface area contributed by atoms with Crippen molar-refractivity contribution in [3.8, 4) is 0 Å². The zero-order valence-electron chi connectivity index (χ0n) is 12.6. The molecule has 120 valence electrons. The van der Waals surface area contributed by atoms with Crippen LogP contribution in [-0.4, -0.2) is 26.3 Å². The highest BCUT2D eigenvalue weighted by molar-refractivity contribution is 8.27. The zero-order chi connectivity index (χ0) is 17.3. The maximum absolute atomic E-state index is 12.7. The van der Waals surface area contributed by atoms with Crippen molar-refractivity contribution in [3.63, 3.8) is 0 Å². The lowest BCUT2D eigenvalue weighted by Crippen LogP contribution is -2.28. The number of anilines is 1. The van der Waals surface area contributed by atoms with Crippen molar-refractivity contribution in [2.75, 3.05) is 4.90 Å². The number of thioether (sulfide) groups is 1. The second-order valence-electron chi connectivity index (χ2n) is 5.11. The molecule has 1 N–H and O–H groups in total. The van der Waals surface area contributed by atoms with E-state index in [9.17, 15) is 9.59 Å². The molecule has 0 saturated carbocycles. The van der Waals surface area contributed by atoms with E-state index in [1.54, 1.807) is 30.6 Å². The fourth-order valence-corrected chi connectivity index (χ4v) is 3.56. The van der Waals surface area contributed by atoms with Crippen LogP contribution in [0.4, 0.5) is 5.69 Å². The van der Waals surface area contributed by atoms with E-state index in [1.807, 2.05) is 13.0 Å². The van der Waals surface area contributed by atoms with Gasteiger partial charge >= 0.3 is 5.97 Å². The van der Waals surface area contributed by atoms with E-state index in [2.05, 4.69) is 4.98 Å². The van der Waals surface area contributed by atoms with Crippen LogP contribution >= 0.6 is 24.0 Å². The summed E-state index contributed by atoms with van der Waals surface area (Å²) >= 11 is 6.51. The zero-order valence-corrected chi connectivity index (χ0v) is 14.2. The molecule has 5 nitrogen and oxygen atoms in total. The fourth-order valence-electron chi connectivity index (χ4n) is 2.27. The minimum atomic E-state index is -1.05. The Morgan fingerprint density at radius 3 is 2.83 bits per heavy atom. The van der Waals surface area contributed by atoms with Crippen molar-refractivity contribution in [3.05, 3.63) is 64.3 Å². The average Bonchev–Trinajstić information content (AvgIpc) is 2.83. The van der Waals surface area contributed by atoms with Gasteiger partial charge in [-0.1, -0.05) is 36.1 Å². The predicted molar refractivity (Wildman–Crippen MR) is 98.0 cm³/mol. The monoisotopic (exact) mass is 356 g/mol. The summed E-state index contributed by atoms with van der Waals surface area (Å²) in [7, 11) is 0. The number of carbonyl (C=O) groups is 2. The van der Waals surface area contributed by atoms with E-state index in [-0.39, 0.29) is 11.5 Å². The summed E-state index contributed by atoms with van der Waals surface area (Å²) in [5.41, 5.74) is 2.18. The highest BCUT2D eigenvalue weighted by Gasteiger charge is 2.34. The number of carbonyl (C=O) groups excluding carboxylic acids is 1. The van der Waals surface area contributed by atoms with Gasteiger partial charge in [0, 0.05) is 12.4 Å². The molecule has 24 heavy (non-hydrogen) atoms. The highest BCUT2D eigenvalue weighted by Crippen LogP contribution is 2.37. The van der Waals surface area contributed by atoms with E-state index in [0.29, 0.717) is 14.9 Å². The maximum atomic E-state index is 12.7. The summed E-state index contributed by atoms with van der Waals surface area (Å²) in [5.74, 6) is -1.31. The molecule has 0 atom stereocenters. The normalized spacial score (nSPS) is 16.0. The van der Waals surface area contributed by atoms with Crippen molar-refractivity contribution < 1.29 is 14.7 Å². The minimum absolute atomic E-state index is 0.112. The molecule has 3 rings (SSSR count). The van der Waals surface area contributed by atoms with Gasteiger partial charge in [-0.2, -0.15) is 0 Å². The lowest BCUT2D eigenvalue weighted by atomic mass is 10.1. The largest absolute Gasteiger partial charge is 0.478 e. The summed E-state index contributed by atoms with van der Waals surface area (Å²) in [6.07, 6.45) is 5.04. The van der Waals surface area contributed by atoms with Crippen molar-refractivity contribution in [2.24, 2.45) is 0 Å². The second-order valence-corrected chi connectivity index (χ2v) is 6.79. The van der Waals surface area contributed by atoms with E-state index in [0.717, 1.165) is 11.1 Å². The number of hydrogen-bond acceptors (Lipinski definition) is 5. The Labute approximate surface area is 148 Å². The van der Waals surface area contributed by atoms with Gasteiger partial charge in [0.05, 0.1) is 16.2 Å². The van der Waals surface area contributed by atoms with Gasteiger partial charge in [0.1, 0.15) is 0 Å². The first-order valence-electron chi connectivity index (χ1n) is 6.99. The summed E-state index contributed by atoms with van der Waals surface area (Å²) in [4.78, 5) is 29.8. The number of hydrogen-bond donors (Lipinski definition) is 1. The molecular weight excluding hydrogens is 344 g/mol. The Morgan fingerprint density at radius 1 is 1.38 bits per heavy atom. The quantitative estimate of drug-likeness (QED) is 0.670. The van der Waals surface area contributed by atoms with E-state index < -0.39 is 5.97 Å². The summed E-state index contributed by atoms with van der Waals surface area (Å²) < 4.78 is 0.376. The molecule has 0 unspecified atom stereocenters. The van der Waals surface area contributed by atoms with E-state index in [1.165, 1.54) is 28.8 Å². The molecule has 2 heterocycles. The van der Waals surface area contributed by atoms with Gasteiger partial charge < -0.3 is 5.11 Å². The summed E-state index contributed by atoms with van der Waals surface area (Å²) in [5, 5.41) is 9.16. The number of nitrogens with zero attached hydrogens (tertiary/aromatic N) is 2. The molecule has 1 aromatic heterocycles. The lowest BCUT2D eigenvalue weighted by Gasteiger charge is -2.17. The molecule has 1 amide bonds. The van der Waals surface area contributed by atoms with Gasteiger partial charge in [-0.15, -0.1) is 0 Å². The number of carboxylic acid groups (broad SMARTS) is 1. The first kappa shape index (κ1) is 16.4. The topological polar surface area (TPSA) is 70.5 Å². The number of pyridine rings is 1. The minimum Gasteiger partial charge on any atom is -0.478 e. The van der Waals surface area contributed by atoms with Crippen molar-refractivity contribution in [1.29, 1.82) is 0 Å². The van der Waals surface area contributed by atoms with E-state index in [4.69, 9.17) is 17.3 Å². The first-order chi connectivity index (χ1) is 11.5. The number of carboxylic acids is 1. The smallest absolute Gasteiger partial charge is 0.335 e. The summed E-state index contributed by atoms with van der Waals surface area (Å²) in [6.45, 7) is 1.81. The Morgan fingerprint density at radius 2 is 2.17 bits per heavy atom. The lowest BCUT2D eigenvalue weighted by molar-refractivity contribution is -0.113. The molecule has 7 heteroatoms.